The number of methoxy groups -OCH3 is 1. The van der Waals surface area contributed by atoms with E-state index in [0.29, 0.717) is 6.04 Å². The second kappa shape index (κ2) is 7.07. The highest BCUT2D eigenvalue weighted by molar-refractivity contribution is 5.80. The first kappa shape index (κ1) is 16.7. The molecule has 1 saturated heterocycles. The molecule has 1 aliphatic carbocycles. The van der Waals surface area contributed by atoms with Crippen molar-refractivity contribution in [3.8, 4) is 0 Å². The predicted molar refractivity (Wildman–Crippen MR) is 84.3 cm³/mol. The number of ether oxygens (including phenoxy) is 1. The molecule has 5 heteroatoms. The summed E-state index contributed by atoms with van der Waals surface area (Å²) in [6.07, 6.45) is 4.44. The zero-order valence-electron chi connectivity index (χ0n) is 14.0. The second-order valence-corrected chi connectivity index (χ2v) is 7.17. The zero-order valence-corrected chi connectivity index (χ0v) is 14.0. The maximum absolute atomic E-state index is 12.1. The lowest BCUT2D eigenvalue weighted by atomic mass is 9.97. The Labute approximate surface area is 129 Å². The van der Waals surface area contributed by atoms with Gasteiger partial charge in [0.15, 0.2) is 0 Å². The zero-order chi connectivity index (χ0) is 15.5. The normalized spacial score (nSPS) is 26.0. The average Bonchev–Trinajstić information content (AvgIpc) is 3.16. The van der Waals surface area contributed by atoms with Crippen molar-refractivity contribution >= 4 is 5.97 Å². The van der Waals surface area contributed by atoms with Crippen molar-refractivity contribution in [3.05, 3.63) is 0 Å². The van der Waals surface area contributed by atoms with Crippen molar-refractivity contribution in [1.29, 1.82) is 0 Å². The van der Waals surface area contributed by atoms with Gasteiger partial charge in [-0.3, -0.25) is 10.1 Å². The fourth-order valence-electron chi connectivity index (χ4n) is 3.26. The van der Waals surface area contributed by atoms with E-state index >= 15 is 0 Å². The van der Waals surface area contributed by atoms with E-state index < -0.39 is 5.54 Å². The molecule has 2 aliphatic rings. The highest BCUT2D eigenvalue weighted by Gasteiger charge is 2.39. The molecule has 0 aromatic carbocycles. The van der Waals surface area contributed by atoms with Gasteiger partial charge in [-0.15, -0.1) is 0 Å². The molecule has 0 amide bonds. The van der Waals surface area contributed by atoms with E-state index in [-0.39, 0.29) is 5.97 Å². The molecular formula is C16H31N3O2. The summed E-state index contributed by atoms with van der Waals surface area (Å²) >= 11 is 0. The van der Waals surface area contributed by atoms with Gasteiger partial charge in [0.05, 0.1) is 7.11 Å². The number of esters is 1. The van der Waals surface area contributed by atoms with Gasteiger partial charge in [-0.1, -0.05) is 0 Å². The van der Waals surface area contributed by atoms with E-state index in [0.717, 1.165) is 25.4 Å². The number of carbonyl (C=O) groups excluding carboxylic acids is 1. The van der Waals surface area contributed by atoms with Crippen LogP contribution >= 0.6 is 0 Å². The molecule has 2 rings (SSSR count). The number of nitrogens with one attached hydrogen (secondary N) is 1. The van der Waals surface area contributed by atoms with Crippen LogP contribution in [0.15, 0.2) is 0 Å². The van der Waals surface area contributed by atoms with Crippen LogP contribution in [0.1, 0.15) is 32.6 Å². The monoisotopic (exact) mass is 297 g/mol. The van der Waals surface area contributed by atoms with Crippen LogP contribution in [0.4, 0.5) is 0 Å². The number of carbonyl (C=O) groups is 1. The largest absolute Gasteiger partial charge is 0.468 e. The number of nitrogens with zero attached hydrogens (tertiary/aromatic N) is 2. The Morgan fingerprint density at radius 2 is 2.14 bits per heavy atom. The van der Waals surface area contributed by atoms with E-state index in [9.17, 15) is 4.79 Å². The molecule has 0 aromatic rings. The van der Waals surface area contributed by atoms with E-state index in [2.05, 4.69) is 29.2 Å². The third kappa shape index (κ3) is 4.94. The third-order valence-corrected chi connectivity index (χ3v) is 4.79. The number of likely N-dealkylation sites (tertiary alicyclic amines) is 1. The first-order valence-electron chi connectivity index (χ1n) is 8.16. The van der Waals surface area contributed by atoms with Crippen LogP contribution in [0.25, 0.3) is 0 Å². The van der Waals surface area contributed by atoms with Crippen LogP contribution in [-0.4, -0.2) is 74.7 Å². The molecular weight excluding hydrogens is 266 g/mol. The molecule has 2 fully saturated rings. The van der Waals surface area contributed by atoms with Gasteiger partial charge in [0.25, 0.3) is 0 Å². The highest BCUT2D eigenvalue weighted by atomic mass is 16.5. The topological polar surface area (TPSA) is 44.8 Å². The third-order valence-electron chi connectivity index (χ3n) is 4.79. The van der Waals surface area contributed by atoms with Gasteiger partial charge in [0, 0.05) is 25.7 Å². The molecule has 5 nitrogen and oxygen atoms in total. The van der Waals surface area contributed by atoms with E-state index in [1.54, 1.807) is 0 Å². The van der Waals surface area contributed by atoms with Gasteiger partial charge in [0.1, 0.15) is 5.54 Å². The Bertz CT molecular complexity index is 359. The summed E-state index contributed by atoms with van der Waals surface area (Å²) in [7, 11) is 5.83. The lowest BCUT2D eigenvalue weighted by Crippen LogP contribution is -2.52. The molecule has 122 valence electrons. The fraction of sp³-hybridized carbons (Fsp3) is 0.938. The first-order valence-corrected chi connectivity index (χ1v) is 8.16. The SMILES string of the molecule is COC(=O)C(C)(CCN(C)CC1CCN(C)C1)NC1CC1. The summed E-state index contributed by atoms with van der Waals surface area (Å²) < 4.78 is 5.00. The summed E-state index contributed by atoms with van der Waals surface area (Å²) in [5, 5.41) is 3.46. The Morgan fingerprint density at radius 3 is 2.67 bits per heavy atom. The van der Waals surface area contributed by atoms with Crippen molar-refractivity contribution in [2.45, 2.75) is 44.2 Å². The van der Waals surface area contributed by atoms with Crippen molar-refractivity contribution in [2.75, 3.05) is 47.4 Å². The molecule has 21 heavy (non-hydrogen) atoms. The summed E-state index contributed by atoms with van der Waals surface area (Å²) in [6, 6.07) is 0.503. The standard InChI is InChI=1S/C16H31N3O2/c1-16(15(20)21-4,17-14-5-6-14)8-10-19(3)12-13-7-9-18(2)11-13/h13-14,17H,5-12H2,1-4H3. The van der Waals surface area contributed by atoms with Crippen LogP contribution in [0.2, 0.25) is 0 Å². The van der Waals surface area contributed by atoms with Crippen LogP contribution < -0.4 is 5.32 Å². The van der Waals surface area contributed by atoms with Crippen molar-refractivity contribution in [2.24, 2.45) is 5.92 Å². The number of hydrogen-bond acceptors (Lipinski definition) is 5. The Balaban J connectivity index is 1.78. The van der Waals surface area contributed by atoms with Crippen LogP contribution in [0.5, 0.6) is 0 Å². The molecule has 1 aliphatic heterocycles. The Morgan fingerprint density at radius 1 is 1.43 bits per heavy atom. The second-order valence-electron chi connectivity index (χ2n) is 7.17. The van der Waals surface area contributed by atoms with E-state index in [4.69, 9.17) is 4.74 Å². The van der Waals surface area contributed by atoms with Gasteiger partial charge in [-0.2, -0.15) is 0 Å². The summed E-state index contributed by atoms with van der Waals surface area (Å²) in [6.45, 7) is 6.42. The fourth-order valence-corrected chi connectivity index (χ4v) is 3.26. The predicted octanol–water partition coefficient (Wildman–Crippen LogP) is 0.944. The van der Waals surface area contributed by atoms with Crippen molar-refractivity contribution in [3.63, 3.8) is 0 Å². The lowest BCUT2D eigenvalue weighted by molar-refractivity contribution is -0.148. The molecule has 2 unspecified atom stereocenters. The minimum absolute atomic E-state index is 0.136. The Hall–Kier alpha value is -0.650. The maximum atomic E-state index is 12.1. The smallest absolute Gasteiger partial charge is 0.325 e. The van der Waals surface area contributed by atoms with Gasteiger partial charge < -0.3 is 14.5 Å². The van der Waals surface area contributed by atoms with Crippen molar-refractivity contribution in [1.82, 2.24) is 15.1 Å². The average molecular weight is 297 g/mol. The minimum atomic E-state index is -0.545. The van der Waals surface area contributed by atoms with Gasteiger partial charge in [-0.25, -0.2) is 0 Å². The molecule has 0 aromatic heterocycles. The van der Waals surface area contributed by atoms with Crippen LogP contribution in [0, 0.1) is 5.92 Å². The quantitative estimate of drug-likeness (QED) is 0.676. The molecule has 2 atom stereocenters. The Kier molecular flexibility index (Phi) is 5.63. The van der Waals surface area contributed by atoms with E-state index in [1.807, 2.05) is 6.92 Å². The van der Waals surface area contributed by atoms with Crippen LogP contribution in [0.3, 0.4) is 0 Å². The summed E-state index contributed by atoms with van der Waals surface area (Å²) in [4.78, 5) is 16.8. The molecule has 0 spiro atoms. The maximum Gasteiger partial charge on any atom is 0.325 e. The van der Waals surface area contributed by atoms with Crippen LogP contribution in [-0.2, 0) is 9.53 Å². The van der Waals surface area contributed by atoms with Crippen molar-refractivity contribution < 1.29 is 9.53 Å². The van der Waals surface area contributed by atoms with Gasteiger partial charge in [-0.05, 0) is 59.2 Å². The molecule has 1 heterocycles. The molecule has 0 radical (unpaired) electrons. The number of rotatable bonds is 8. The van der Waals surface area contributed by atoms with Gasteiger partial charge >= 0.3 is 5.97 Å². The minimum Gasteiger partial charge on any atom is -0.468 e. The highest BCUT2D eigenvalue weighted by Crippen LogP contribution is 2.25. The molecule has 1 N–H and O–H groups in total. The molecule has 1 saturated carbocycles. The number of hydrogen-bond donors (Lipinski definition) is 1. The van der Waals surface area contributed by atoms with Gasteiger partial charge in [0.2, 0.25) is 0 Å². The summed E-state index contributed by atoms with van der Waals surface area (Å²) in [5.74, 6) is 0.629. The lowest BCUT2D eigenvalue weighted by Gasteiger charge is -2.31. The van der Waals surface area contributed by atoms with E-state index in [1.165, 1.54) is 39.5 Å². The molecule has 0 bridgehead atoms. The summed E-state index contributed by atoms with van der Waals surface area (Å²) in [5.41, 5.74) is -0.545. The first-order chi connectivity index (χ1) is 9.93.